The number of ether oxygens (including phenoxy) is 1. The molecule has 0 unspecified atom stereocenters. The van der Waals surface area contributed by atoms with E-state index in [1.165, 1.54) is 23.5 Å². The monoisotopic (exact) mass is 424 g/mol. The van der Waals surface area contributed by atoms with Crippen LogP contribution in [0.3, 0.4) is 0 Å². The van der Waals surface area contributed by atoms with E-state index >= 15 is 0 Å². The predicted octanol–water partition coefficient (Wildman–Crippen LogP) is 4.01. The average Bonchev–Trinajstić information content (AvgIpc) is 2.79. The zero-order valence-corrected chi connectivity index (χ0v) is 17.9. The van der Waals surface area contributed by atoms with Crippen molar-refractivity contribution in [3.05, 3.63) is 90.0 Å². The highest BCUT2D eigenvalue weighted by molar-refractivity contribution is 7.92. The number of nitrogens with one attached hydrogen (secondary N) is 1. The zero-order valence-electron chi connectivity index (χ0n) is 17.1. The van der Waals surface area contributed by atoms with Gasteiger partial charge in [-0.3, -0.25) is 9.10 Å². The predicted molar refractivity (Wildman–Crippen MR) is 117 cm³/mol. The average molecular weight is 425 g/mol. The van der Waals surface area contributed by atoms with Gasteiger partial charge >= 0.3 is 0 Å². The van der Waals surface area contributed by atoms with Crippen LogP contribution in [0.15, 0.2) is 83.8 Å². The molecule has 0 aliphatic heterocycles. The third-order valence-electron chi connectivity index (χ3n) is 4.84. The number of sulfonamides is 1. The fourth-order valence-corrected chi connectivity index (χ4v) is 4.23. The molecule has 0 saturated carbocycles. The molecule has 7 heteroatoms. The molecule has 0 aromatic heterocycles. The maximum absolute atomic E-state index is 13.1. The van der Waals surface area contributed by atoms with Crippen molar-refractivity contribution in [3.8, 4) is 5.75 Å². The molecular formula is C23H24N2O4S. The molecule has 0 heterocycles. The van der Waals surface area contributed by atoms with Gasteiger partial charge in [0.2, 0.25) is 0 Å². The van der Waals surface area contributed by atoms with Crippen molar-refractivity contribution in [1.82, 2.24) is 5.32 Å². The Balaban J connectivity index is 1.81. The smallest absolute Gasteiger partial charge is 0.264 e. The number of rotatable bonds is 7. The molecule has 30 heavy (non-hydrogen) atoms. The Labute approximate surface area is 177 Å². The first-order chi connectivity index (χ1) is 14.3. The van der Waals surface area contributed by atoms with Crippen molar-refractivity contribution in [2.24, 2.45) is 0 Å². The van der Waals surface area contributed by atoms with Gasteiger partial charge in [-0.25, -0.2) is 8.42 Å². The van der Waals surface area contributed by atoms with Gasteiger partial charge in [0.1, 0.15) is 5.75 Å². The van der Waals surface area contributed by atoms with Crippen LogP contribution in [-0.4, -0.2) is 28.5 Å². The molecule has 1 amide bonds. The molecule has 0 aliphatic rings. The Kier molecular flexibility index (Phi) is 6.42. The summed E-state index contributed by atoms with van der Waals surface area (Å²) < 4.78 is 32.4. The van der Waals surface area contributed by atoms with E-state index in [4.69, 9.17) is 4.74 Å². The number of hydrogen-bond donors (Lipinski definition) is 1. The molecule has 0 spiro atoms. The first-order valence-corrected chi connectivity index (χ1v) is 10.9. The van der Waals surface area contributed by atoms with Gasteiger partial charge in [0, 0.05) is 12.6 Å². The maximum atomic E-state index is 13.1. The minimum Gasteiger partial charge on any atom is -0.497 e. The second-order valence-corrected chi connectivity index (χ2v) is 8.77. The first-order valence-electron chi connectivity index (χ1n) is 9.42. The van der Waals surface area contributed by atoms with Crippen LogP contribution in [0, 0.1) is 0 Å². The highest BCUT2D eigenvalue weighted by Gasteiger charge is 2.23. The number of carbonyl (C=O) groups excluding carboxylic acids is 1. The third-order valence-corrected chi connectivity index (χ3v) is 6.62. The van der Waals surface area contributed by atoms with Crippen molar-refractivity contribution in [3.63, 3.8) is 0 Å². The van der Waals surface area contributed by atoms with Gasteiger partial charge in [-0.1, -0.05) is 36.4 Å². The Morgan fingerprint density at radius 3 is 2.27 bits per heavy atom. The summed E-state index contributed by atoms with van der Waals surface area (Å²) in [6, 6.07) is 22.1. The number of hydrogen-bond acceptors (Lipinski definition) is 4. The molecule has 3 rings (SSSR count). The molecule has 0 aliphatic carbocycles. The fourth-order valence-electron chi connectivity index (χ4n) is 2.99. The summed E-state index contributed by atoms with van der Waals surface area (Å²) in [5.74, 6) is 0.297. The summed E-state index contributed by atoms with van der Waals surface area (Å²) >= 11 is 0. The number of methoxy groups -OCH3 is 1. The Morgan fingerprint density at radius 1 is 0.967 bits per heavy atom. The minimum absolute atomic E-state index is 0.0424. The van der Waals surface area contributed by atoms with Gasteiger partial charge in [-0.15, -0.1) is 0 Å². The van der Waals surface area contributed by atoms with Crippen LogP contribution >= 0.6 is 0 Å². The number of benzene rings is 3. The van der Waals surface area contributed by atoms with Crippen LogP contribution in [0.1, 0.15) is 28.9 Å². The topological polar surface area (TPSA) is 75.7 Å². The normalized spacial score (nSPS) is 12.1. The highest BCUT2D eigenvalue weighted by Crippen LogP contribution is 2.25. The summed E-state index contributed by atoms with van der Waals surface area (Å²) in [6.45, 7) is 1.88. The summed E-state index contributed by atoms with van der Waals surface area (Å²) in [6.07, 6.45) is 0. The number of carbonyl (C=O) groups is 1. The van der Waals surface area contributed by atoms with Gasteiger partial charge in [0.15, 0.2) is 0 Å². The quantitative estimate of drug-likeness (QED) is 0.622. The molecule has 156 valence electrons. The second kappa shape index (κ2) is 9.00. The van der Waals surface area contributed by atoms with Crippen LogP contribution in [0.25, 0.3) is 0 Å². The van der Waals surface area contributed by atoms with Gasteiger partial charge in [-0.05, 0) is 55.0 Å². The molecule has 0 radical (unpaired) electrons. The van der Waals surface area contributed by atoms with E-state index in [1.807, 2.05) is 37.3 Å². The summed E-state index contributed by atoms with van der Waals surface area (Å²) in [5.41, 5.74) is 1.74. The van der Waals surface area contributed by atoms with E-state index in [-0.39, 0.29) is 22.4 Å². The standard InChI is InChI=1S/C23H24N2O4S/c1-17(18-8-5-4-6-9-18)24-23(26)19-10-7-11-22(16-19)30(27,28)25(2)20-12-14-21(29-3)15-13-20/h4-17H,1-3H3,(H,24,26)/t17-/m1/s1. The number of nitrogens with zero attached hydrogens (tertiary/aromatic N) is 1. The zero-order chi connectivity index (χ0) is 21.7. The van der Waals surface area contributed by atoms with Crippen LogP contribution in [0.5, 0.6) is 5.75 Å². The van der Waals surface area contributed by atoms with Gasteiger partial charge < -0.3 is 10.1 Å². The van der Waals surface area contributed by atoms with Gasteiger partial charge in [0.25, 0.3) is 15.9 Å². The van der Waals surface area contributed by atoms with E-state index in [0.29, 0.717) is 11.4 Å². The maximum Gasteiger partial charge on any atom is 0.264 e. The Morgan fingerprint density at radius 2 is 1.63 bits per heavy atom. The second-order valence-electron chi connectivity index (χ2n) is 6.80. The van der Waals surface area contributed by atoms with Crippen molar-refractivity contribution < 1.29 is 17.9 Å². The van der Waals surface area contributed by atoms with E-state index in [2.05, 4.69) is 5.32 Å². The van der Waals surface area contributed by atoms with Crippen LogP contribution in [-0.2, 0) is 10.0 Å². The van der Waals surface area contributed by atoms with E-state index in [9.17, 15) is 13.2 Å². The molecule has 1 atom stereocenters. The van der Waals surface area contributed by atoms with E-state index in [1.54, 1.807) is 43.5 Å². The molecule has 0 saturated heterocycles. The largest absolute Gasteiger partial charge is 0.497 e. The van der Waals surface area contributed by atoms with Gasteiger partial charge in [-0.2, -0.15) is 0 Å². The van der Waals surface area contributed by atoms with Crippen molar-refractivity contribution in [1.29, 1.82) is 0 Å². The minimum atomic E-state index is -3.84. The number of amides is 1. The highest BCUT2D eigenvalue weighted by atomic mass is 32.2. The van der Waals surface area contributed by atoms with Crippen molar-refractivity contribution in [2.75, 3.05) is 18.5 Å². The fraction of sp³-hybridized carbons (Fsp3) is 0.174. The molecule has 0 bridgehead atoms. The van der Waals surface area contributed by atoms with E-state index < -0.39 is 10.0 Å². The summed E-state index contributed by atoms with van der Waals surface area (Å²) in [4.78, 5) is 12.7. The lowest BCUT2D eigenvalue weighted by Gasteiger charge is -2.20. The number of anilines is 1. The van der Waals surface area contributed by atoms with Crippen molar-refractivity contribution >= 4 is 21.6 Å². The van der Waals surface area contributed by atoms with Crippen LogP contribution < -0.4 is 14.4 Å². The molecule has 1 N–H and O–H groups in total. The van der Waals surface area contributed by atoms with Crippen molar-refractivity contribution in [2.45, 2.75) is 17.9 Å². The van der Waals surface area contributed by atoms with Gasteiger partial charge in [0.05, 0.1) is 23.7 Å². The summed E-state index contributed by atoms with van der Waals surface area (Å²) in [7, 11) is -0.816. The lowest BCUT2D eigenvalue weighted by Crippen LogP contribution is -2.28. The molecule has 6 nitrogen and oxygen atoms in total. The lowest BCUT2D eigenvalue weighted by atomic mass is 10.1. The lowest BCUT2D eigenvalue weighted by molar-refractivity contribution is 0.0939. The first kappa shape index (κ1) is 21.4. The Bertz CT molecular complexity index is 1110. The molecule has 3 aromatic carbocycles. The molecule has 0 fully saturated rings. The third kappa shape index (κ3) is 4.63. The van der Waals surface area contributed by atoms with Crippen LogP contribution in [0.4, 0.5) is 5.69 Å². The molecule has 3 aromatic rings. The Hall–Kier alpha value is -3.32. The SMILES string of the molecule is COc1ccc(N(C)S(=O)(=O)c2cccc(C(=O)N[C@H](C)c3ccccc3)c2)cc1. The van der Waals surface area contributed by atoms with E-state index in [0.717, 1.165) is 5.56 Å². The summed E-state index contributed by atoms with van der Waals surface area (Å²) in [5, 5.41) is 2.90. The molecular weight excluding hydrogens is 400 g/mol. The van der Waals surface area contributed by atoms with Crippen LogP contribution in [0.2, 0.25) is 0 Å².